The van der Waals surface area contributed by atoms with Gasteiger partial charge in [-0.25, -0.2) is 4.39 Å². The summed E-state index contributed by atoms with van der Waals surface area (Å²) in [4.78, 5) is 14.1. The predicted octanol–water partition coefficient (Wildman–Crippen LogP) is 3.53. The highest BCUT2D eigenvalue weighted by molar-refractivity contribution is 5.91. The molecule has 2 aromatic rings. The van der Waals surface area contributed by atoms with E-state index in [-0.39, 0.29) is 17.8 Å². The largest absolute Gasteiger partial charge is 0.486 e. The monoisotopic (exact) mass is 341 g/mol. The minimum atomic E-state index is -0.352. The van der Waals surface area contributed by atoms with Crippen molar-refractivity contribution >= 4 is 12.0 Å². The first-order chi connectivity index (χ1) is 12.2. The smallest absolute Gasteiger partial charge is 0.246 e. The van der Waals surface area contributed by atoms with Crippen LogP contribution in [0.1, 0.15) is 12.5 Å². The molecular formula is C20H20FNO3. The second-order valence-electron chi connectivity index (χ2n) is 5.73. The van der Waals surface area contributed by atoms with Crippen LogP contribution in [-0.2, 0) is 4.79 Å². The van der Waals surface area contributed by atoms with Crippen LogP contribution < -0.4 is 9.47 Å². The molecular weight excluding hydrogens is 321 g/mol. The number of ether oxygens (including phenoxy) is 2. The molecule has 0 aliphatic carbocycles. The summed E-state index contributed by atoms with van der Waals surface area (Å²) in [6.07, 6.45) is 2.65. The van der Waals surface area contributed by atoms with E-state index in [9.17, 15) is 9.18 Å². The Balaban J connectivity index is 1.63. The van der Waals surface area contributed by atoms with Crippen LogP contribution in [0.5, 0.6) is 11.5 Å². The van der Waals surface area contributed by atoms with Crippen molar-refractivity contribution in [2.45, 2.75) is 13.0 Å². The van der Waals surface area contributed by atoms with Crippen LogP contribution in [0.15, 0.2) is 54.6 Å². The van der Waals surface area contributed by atoms with Gasteiger partial charge in [0.2, 0.25) is 5.91 Å². The van der Waals surface area contributed by atoms with Crippen LogP contribution in [0.25, 0.3) is 6.08 Å². The number of fused-ring (bicyclic) bond motifs is 1. The molecule has 0 bridgehead atoms. The Hall–Kier alpha value is -2.82. The number of carbonyl (C=O) groups is 1. The van der Waals surface area contributed by atoms with Crippen LogP contribution >= 0.6 is 0 Å². The molecule has 0 saturated carbocycles. The van der Waals surface area contributed by atoms with E-state index in [2.05, 4.69) is 0 Å². The van der Waals surface area contributed by atoms with Gasteiger partial charge in [0.05, 0.1) is 6.54 Å². The van der Waals surface area contributed by atoms with Crippen LogP contribution in [0.4, 0.5) is 4.39 Å². The highest BCUT2D eigenvalue weighted by Gasteiger charge is 2.24. The second kappa shape index (κ2) is 7.83. The SMILES string of the molecule is CCN(CC1COc2ccccc2O1)C(=O)/C=C/c1ccccc1F. The Morgan fingerprint density at radius 1 is 1.20 bits per heavy atom. The maximum atomic E-state index is 13.6. The van der Waals surface area contributed by atoms with E-state index in [1.165, 1.54) is 18.2 Å². The van der Waals surface area contributed by atoms with Gasteiger partial charge >= 0.3 is 0 Å². The molecule has 4 nitrogen and oxygen atoms in total. The van der Waals surface area contributed by atoms with Gasteiger partial charge in [0, 0.05) is 18.2 Å². The third kappa shape index (κ3) is 4.18. The molecule has 0 aromatic heterocycles. The quantitative estimate of drug-likeness (QED) is 0.781. The van der Waals surface area contributed by atoms with Crippen molar-refractivity contribution in [3.8, 4) is 11.5 Å². The summed E-state index contributed by atoms with van der Waals surface area (Å²) in [5.41, 5.74) is 0.387. The molecule has 1 aliphatic rings. The molecule has 1 unspecified atom stereocenters. The van der Waals surface area contributed by atoms with Crippen LogP contribution in [0, 0.1) is 5.82 Å². The number of likely N-dealkylation sites (N-methyl/N-ethyl adjacent to an activating group) is 1. The average Bonchev–Trinajstić information content (AvgIpc) is 2.65. The number of halogens is 1. The average molecular weight is 341 g/mol. The predicted molar refractivity (Wildman–Crippen MR) is 94.0 cm³/mol. The molecule has 0 saturated heterocycles. The van der Waals surface area contributed by atoms with Crippen molar-refractivity contribution < 1.29 is 18.7 Å². The molecule has 25 heavy (non-hydrogen) atoms. The van der Waals surface area contributed by atoms with E-state index in [0.717, 1.165) is 0 Å². The fourth-order valence-corrected chi connectivity index (χ4v) is 2.65. The second-order valence-corrected chi connectivity index (χ2v) is 5.73. The molecule has 0 fully saturated rings. The van der Waals surface area contributed by atoms with Crippen molar-refractivity contribution in [3.63, 3.8) is 0 Å². The van der Waals surface area contributed by atoms with Gasteiger partial charge in [0.15, 0.2) is 17.6 Å². The van der Waals surface area contributed by atoms with Gasteiger partial charge < -0.3 is 14.4 Å². The molecule has 0 radical (unpaired) electrons. The van der Waals surface area contributed by atoms with Crippen molar-refractivity contribution in [1.82, 2.24) is 4.90 Å². The van der Waals surface area contributed by atoms with E-state index >= 15 is 0 Å². The number of para-hydroxylation sites is 2. The molecule has 1 heterocycles. The summed E-state index contributed by atoms with van der Waals surface area (Å²) in [6, 6.07) is 13.8. The van der Waals surface area contributed by atoms with Crippen molar-refractivity contribution in [1.29, 1.82) is 0 Å². The Kier molecular flexibility index (Phi) is 5.33. The number of hydrogen-bond acceptors (Lipinski definition) is 3. The van der Waals surface area contributed by atoms with Gasteiger partial charge in [0.25, 0.3) is 0 Å². The van der Waals surface area contributed by atoms with Gasteiger partial charge in [-0.2, -0.15) is 0 Å². The summed E-state index contributed by atoms with van der Waals surface area (Å²) < 4.78 is 25.2. The first kappa shape index (κ1) is 17.0. The molecule has 1 atom stereocenters. The van der Waals surface area contributed by atoms with Crippen molar-refractivity contribution in [2.75, 3.05) is 19.7 Å². The third-order valence-electron chi connectivity index (χ3n) is 4.00. The topological polar surface area (TPSA) is 38.8 Å². The zero-order valence-electron chi connectivity index (χ0n) is 14.0. The molecule has 130 valence electrons. The lowest BCUT2D eigenvalue weighted by molar-refractivity contribution is -0.127. The fraction of sp³-hybridized carbons (Fsp3) is 0.250. The minimum Gasteiger partial charge on any atom is -0.486 e. The van der Waals surface area contributed by atoms with Crippen LogP contribution in [-0.4, -0.2) is 36.6 Å². The van der Waals surface area contributed by atoms with Gasteiger partial charge in [-0.05, 0) is 31.2 Å². The molecule has 1 amide bonds. The maximum absolute atomic E-state index is 13.6. The van der Waals surface area contributed by atoms with E-state index in [1.54, 1.807) is 23.1 Å². The first-order valence-electron chi connectivity index (χ1n) is 8.27. The van der Waals surface area contributed by atoms with Crippen molar-refractivity contribution in [2.24, 2.45) is 0 Å². The zero-order chi connectivity index (χ0) is 17.6. The molecule has 0 spiro atoms. The molecule has 0 N–H and O–H groups in total. The highest BCUT2D eigenvalue weighted by Crippen LogP contribution is 2.31. The first-order valence-corrected chi connectivity index (χ1v) is 8.27. The maximum Gasteiger partial charge on any atom is 0.246 e. The van der Waals surface area contributed by atoms with E-state index in [4.69, 9.17) is 9.47 Å². The minimum absolute atomic E-state index is 0.187. The lowest BCUT2D eigenvalue weighted by atomic mass is 10.2. The summed E-state index contributed by atoms with van der Waals surface area (Å²) in [5, 5.41) is 0. The Morgan fingerprint density at radius 2 is 1.92 bits per heavy atom. The Labute approximate surface area is 146 Å². The molecule has 3 rings (SSSR count). The standard InChI is InChI=1S/C20H20FNO3/c1-2-22(20(23)12-11-15-7-3-4-8-17(15)21)13-16-14-24-18-9-5-6-10-19(18)25-16/h3-12,16H,2,13-14H2,1H3/b12-11+. The summed E-state index contributed by atoms with van der Waals surface area (Å²) in [7, 11) is 0. The van der Waals surface area contributed by atoms with Crippen LogP contribution in [0.2, 0.25) is 0 Å². The summed E-state index contributed by atoms with van der Waals surface area (Å²) in [6.45, 7) is 3.22. The van der Waals surface area contributed by atoms with Crippen LogP contribution in [0.3, 0.4) is 0 Å². The summed E-state index contributed by atoms with van der Waals surface area (Å²) >= 11 is 0. The normalized spacial score (nSPS) is 16.0. The number of benzene rings is 2. The number of rotatable bonds is 5. The van der Waals surface area contributed by atoms with E-state index < -0.39 is 0 Å². The number of hydrogen-bond donors (Lipinski definition) is 0. The number of amides is 1. The number of carbonyl (C=O) groups excluding carboxylic acids is 1. The zero-order valence-corrected chi connectivity index (χ0v) is 14.0. The van der Waals surface area contributed by atoms with Gasteiger partial charge in [-0.3, -0.25) is 4.79 Å². The number of nitrogens with zero attached hydrogens (tertiary/aromatic N) is 1. The van der Waals surface area contributed by atoms with Gasteiger partial charge in [-0.1, -0.05) is 30.3 Å². The van der Waals surface area contributed by atoms with Crippen molar-refractivity contribution in [3.05, 3.63) is 66.0 Å². The van der Waals surface area contributed by atoms with Gasteiger partial charge in [-0.15, -0.1) is 0 Å². The summed E-state index contributed by atoms with van der Waals surface area (Å²) in [5.74, 6) is 0.861. The molecule has 2 aromatic carbocycles. The van der Waals surface area contributed by atoms with Gasteiger partial charge in [0.1, 0.15) is 12.4 Å². The molecule has 5 heteroatoms. The lowest BCUT2D eigenvalue weighted by Crippen LogP contribution is -2.43. The molecule has 1 aliphatic heterocycles. The highest BCUT2D eigenvalue weighted by atomic mass is 19.1. The Morgan fingerprint density at radius 3 is 2.68 bits per heavy atom. The van der Waals surface area contributed by atoms with E-state index in [1.807, 2.05) is 31.2 Å². The fourth-order valence-electron chi connectivity index (χ4n) is 2.65. The van der Waals surface area contributed by atoms with E-state index in [0.29, 0.717) is 36.8 Å². The lowest BCUT2D eigenvalue weighted by Gasteiger charge is -2.30. The third-order valence-corrected chi connectivity index (χ3v) is 4.00. The Bertz CT molecular complexity index is 775.